The van der Waals surface area contributed by atoms with Gasteiger partial charge in [-0.05, 0) is 131 Å². The van der Waals surface area contributed by atoms with E-state index in [1.54, 1.807) is 5.57 Å². The van der Waals surface area contributed by atoms with Crippen molar-refractivity contribution in [2.75, 3.05) is 38.1 Å². The zero-order valence-electron chi connectivity index (χ0n) is 31.0. The first-order chi connectivity index (χ1) is 24.5. The fourth-order valence-electron chi connectivity index (χ4n) is 11.4. The average molecular weight is 715 g/mol. The highest BCUT2D eigenvalue weighted by Crippen LogP contribution is 2.66. The van der Waals surface area contributed by atoms with E-state index in [-0.39, 0.29) is 22.9 Å². The molecule has 8 rings (SSSR count). The Balaban J connectivity index is 0.981. The molecule has 2 heterocycles. The van der Waals surface area contributed by atoms with Gasteiger partial charge in [-0.2, -0.15) is 0 Å². The Kier molecular flexibility index (Phi) is 9.40. The fraction of sp³-hybridized carbons (Fsp3) is 0.619. The van der Waals surface area contributed by atoms with Crippen LogP contribution in [0.4, 0.5) is 17.1 Å². The molecule has 274 valence electrons. The highest BCUT2D eigenvalue weighted by atomic mass is 35.5. The van der Waals surface area contributed by atoms with Crippen LogP contribution in [0.25, 0.3) is 0 Å². The molecule has 0 amide bonds. The van der Waals surface area contributed by atoms with Gasteiger partial charge < -0.3 is 24.4 Å². The lowest BCUT2D eigenvalue weighted by molar-refractivity contribution is -0.236. The van der Waals surface area contributed by atoms with Gasteiger partial charge in [0.25, 0.3) is 0 Å². The number of anilines is 2. The first kappa shape index (κ1) is 35.3. The van der Waals surface area contributed by atoms with E-state index in [9.17, 15) is 9.90 Å². The number of amidine groups is 1. The van der Waals surface area contributed by atoms with Gasteiger partial charge in [-0.3, -0.25) is 9.69 Å². The molecule has 8 nitrogen and oxygen atoms in total. The van der Waals surface area contributed by atoms with E-state index in [1.165, 1.54) is 19.3 Å². The number of Topliss-reactive ketones (excluding diaryl/α,β-unsaturated/α-hetero) is 1. The van der Waals surface area contributed by atoms with E-state index < -0.39 is 12.7 Å². The summed E-state index contributed by atoms with van der Waals surface area (Å²) in [5.41, 5.74) is 5.08. The number of rotatable bonds is 6. The number of ketones is 1. The summed E-state index contributed by atoms with van der Waals surface area (Å²) in [4.78, 5) is 24.3. The van der Waals surface area contributed by atoms with Crippen LogP contribution in [0.1, 0.15) is 84.6 Å². The molecule has 51 heavy (non-hydrogen) atoms. The molecular formula is C42H55ClN4O4. The van der Waals surface area contributed by atoms with E-state index in [0.717, 1.165) is 81.1 Å². The number of hydrogen-bond donors (Lipinski definition) is 1. The van der Waals surface area contributed by atoms with Crippen LogP contribution in [0.3, 0.4) is 0 Å². The number of carbonyl (C=O) groups is 1. The molecule has 9 unspecified atom stereocenters. The summed E-state index contributed by atoms with van der Waals surface area (Å²) in [5, 5.41) is 12.5. The molecule has 0 bridgehead atoms. The Hall–Kier alpha value is -2.75. The van der Waals surface area contributed by atoms with Gasteiger partial charge in [0, 0.05) is 42.7 Å². The Morgan fingerprint density at radius 3 is 2.57 bits per heavy atom. The Morgan fingerprint density at radius 2 is 1.78 bits per heavy atom. The molecule has 4 fully saturated rings. The van der Waals surface area contributed by atoms with Gasteiger partial charge in [0.05, 0.1) is 23.2 Å². The van der Waals surface area contributed by atoms with Gasteiger partial charge in [0.1, 0.15) is 11.6 Å². The smallest absolute Gasteiger partial charge is 0.244 e. The first-order valence-electron chi connectivity index (χ1n) is 19.4. The maximum absolute atomic E-state index is 12.6. The third kappa shape index (κ3) is 6.17. The molecule has 2 aliphatic heterocycles. The summed E-state index contributed by atoms with van der Waals surface area (Å²) in [6.07, 6.45) is 9.37. The van der Waals surface area contributed by atoms with Crippen molar-refractivity contribution in [2.24, 2.45) is 39.5 Å². The molecule has 9 heteroatoms. The topological polar surface area (TPSA) is 77.8 Å². The number of benzene rings is 2. The molecule has 3 saturated carbocycles. The van der Waals surface area contributed by atoms with Crippen LogP contribution in [-0.2, 0) is 14.3 Å². The van der Waals surface area contributed by atoms with E-state index in [4.69, 9.17) is 26.1 Å². The van der Waals surface area contributed by atoms with E-state index in [2.05, 4.69) is 42.8 Å². The fourth-order valence-corrected chi connectivity index (χ4v) is 11.6. The van der Waals surface area contributed by atoms with Crippen LogP contribution < -0.4 is 4.90 Å². The molecule has 0 spiro atoms. The van der Waals surface area contributed by atoms with Crippen molar-refractivity contribution in [3.63, 3.8) is 0 Å². The number of nitrogens with zero attached hydrogens (tertiary/aromatic N) is 4. The summed E-state index contributed by atoms with van der Waals surface area (Å²) < 4.78 is 12.9. The number of aliphatic hydroxyl groups is 1. The van der Waals surface area contributed by atoms with E-state index >= 15 is 0 Å². The maximum Gasteiger partial charge on any atom is 0.244 e. The normalized spacial score (nSPS) is 34.5. The second-order valence-electron chi connectivity index (χ2n) is 16.8. The highest BCUT2D eigenvalue weighted by Gasteiger charge is 2.59. The van der Waals surface area contributed by atoms with Gasteiger partial charge in [-0.25, -0.2) is 4.99 Å². The van der Waals surface area contributed by atoms with Gasteiger partial charge in [-0.15, -0.1) is 0 Å². The van der Waals surface area contributed by atoms with Crippen LogP contribution in [-0.4, -0.2) is 78.6 Å². The third-order valence-electron chi connectivity index (χ3n) is 14.1. The van der Waals surface area contributed by atoms with Crippen LogP contribution in [0.15, 0.2) is 59.1 Å². The van der Waals surface area contributed by atoms with Crippen LogP contribution in [0.5, 0.6) is 0 Å². The number of aliphatic hydroxyl groups excluding tert-OH is 1. The van der Waals surface area contributed by atoms with Crippen molar-refractivity contribution in [1.29, 1.82) is 0 Å². The van der Waals surface area contributed by atoms with Crippen molar-refractivity contribution in [2.45, 2.75) is 97.9 Å². The molecule has 0 radical (unpaired) electrons. The lowest BCUT2D eigenvalue weighted by Crippen LogP contribution is -2.51. The van der Waals surface area contributed by atoms with Crippen molar-refractivity contribution in [3.05, 3.63) is 64.7 Å². The summed E-state index contributed by atoms with van der Waals surface area (Å²) in [5.74, 6) is 3.51. The Bertz CT molecular complexity index is 1720. The molecule has 1 N–H and O–H groups in total. The number of likely N-dealkylation sites (N-methyl/N-ethyl adjacent to an activating group) is 1. The minimum absolute atomic E-state index is 0.0280. The number of carbonyl (C=O) groups excluding carboxylic acids is 1. The zero-order chi connectivity index (χ0) is 35.7. The summed E-state index contributed by atoms with van der Waals surface area (Å²) in [6.45, 7) is 12.3. The molecule has 2 aromatic carbocycles. The number of halogens is 1. The second kappa shape index (κ2) is 13.6. The summed E-state index contributed by atoms with van der Waals surface area (Å²) in [6, 6.07) is 13.7. The molecular weight excluding hydrogens is 660 g/mol. The second-order valence-corrected chi connectivity index (χ2v) is 17.3. The quantitative estimate of drug-likeness (QED) is 0.238. The first-order valence-corrected chi connectivity index (χ1v) is 19.7. The number of para-hydroxylation sites is 1. The van der Waals surface area contributed by atoms with Gasteiger partial charge >= 0.3 is 0 Å². The zero-order valence-corrected chi connectivity index (χ0v) is 31.7. The van der Waals surface area contributed by atoms with Crippen molar-refractivity contribution in [3.8, 4) is 0 Å². The standard InChI is InChI=1S/C42H55ClN4O4/c1-26(48)33-13-14-34-31-12-10-28-24-30(16-18-41(28,3)35(31)17-19-42(33,34)4)50-27(2)51-40(49)47-37-9-7-6-8-32(37)39(46-22-20-45(5)21-23-46)44-36-25-29(43)11-15-38(36)47/h6-11,15,25,27,30-31,33-35,40,49H,12-14,16-24H2,1-5H3. The minimum atomic E-state index is -1.31. The minimum Gasteiger partial charge on any atom is -0.353 e. The average Bonchev–Trinajstić information content (AvgIpc) is 3.39. The summed E-state index contributed by atoms with van der Waals surface area (Å²) in [7, 11) is 2.15. The Morgan fingerprint density at radius 1 is 1.00 bits per heavy atom. The van der Waals surface area contributed by atoms with Crippen LogP contribution >= 0.6 is 11.6 Å². The number of allylic oxidation sites excluding steroid dienone is 1. The number of hydrogen-bond acceptors (Lipinski definition) is 8. The number of aliphatic imine (C=N–C) groups is 1. The van der Waals surface area contributed by atoms with E-state index in [0.29, 0.717) is 34.2 Å². The predicted molar refractivity (Wildman–Crippen MR) is 203 cm³/mol. The molecule has 9 atom stereocenters. The van der Waals surface area contributed by atoms with E-state index in [1.807, 2.05) is 55.1 Å². The lowest BCUT2D eigenvalue weighted by Gasteiger charge is -2.58. The van der Waals surface area contributed by atoms with Crippen LogP contribution in [0.2, 0.25) is 5.02 Å². The molecule has 4 aliphatic carbocycles. The summed E-state index contributed by atoms with van der Waals surface area (Å²) >= 11 is 6.52. The largest absolute Gasteiger partial charge is 0.353 e. The van der Waals surface area contributed by atoms with Crippen LogP contribution in [0, 0.1) is 34.5 Å². The molecule has 2 aromatic rings. The maximum atomic E-state index is 12.6. The van der Waals surface area contributed by atoms with Gasteiger partial charge in [-0.1, -0.05) is 49.2 Å². The number of fused-ring (bicyclic) bond motifs is 7. The highest BCUT2D eigenvalue weighted by molar-refractivity contribution is 6.31. The van der Waals surface area contributed by atoms with Gasteiger partial charge in [0.2, 0.25) is 6.41 Å². The molecule has 0 aromatic heterocycles. The number of ether oxygens (including phenoxy) is 2. The lowest BCUT2D eigenvalue weighted by atomic mass is 9.47. The molecule has 6 aliphatic rings. The Labute approximate surface area is 308 Å². The molecule has 1 saturated heterocycles. The third-order valence-corrected chi connectivity index (χ3v) is 14.3. The van der Waals surface area contributed by atoms with Crippen molar-refractivity contribution < 1.29 is 19.4 Å². The predicted octanol–water partition coefficient (Wildman–Crippen LogP) is 8.31. The number of piperazine rings is 1. The van der Waals surface area contributed by atoms with Gasteiger partial charge in [0.15, 0.2) is 6.29 Å². The SMILES string of the molecule is CC(=O)C1CCC2C3CC=C4CC(OC(C)OC(O)N5c6ccc(Cl)cc6N=C(N6CCN(C)CC6)c6ccccc65)CCC4(C)C3CCC12C. The van der Waals surface area contributed by atoms with Crippen molar-refractivity contribution >= 4 is 40.3 Å². The van der Waals surface area contributed by atoms with Crippen molar-refractivity contribution in [1.82, 2.24) is 9.80 Å². The monoisotopic (exact) mass is 714 g/mol.